The second-order valence-electron chi connectivity index (χ2n) is 15.9. The number of epoxide rings is 3. The van der Waals surface area contributed by atoms with E-state index in [1.807, 2.05) is 0 Å². The quantitative estimate of drug-likeness (QED) is 0.0394. The zero-order valence-electron chi connectivity index (χ0n) is 31.7. The average Bonchev–Trinajstić information content (AvgIpc) is 4.03. The molecule has 1 aliphatic carbocycles. The summed E-state index contributed by atoms with van der Waals surface area (Å²) in [5, 5.41) is 0. The summed E-state index contributed by atoms with van der Waals surface area (Å²) in [6.07, 6.45) is 36.8. The number of fused-ring (bicyclic) bond motifs is 1. The van der Waals surface area contributed by atoms with Crippen molar-refractivity contribution in [2.45, 2.75) is 243 Å². The van der Waals surface area contributed by atoms with E-state index in [0.29, 0.717) is 12.8 Å². The highest BCUT2D eigenvalue weighted by Gasteiger charge is 2.56. The van der Waals surface area contributed by atoms with E-state index < -0.39 is 24.4 Å². The van der Waals surface area contributed by atoms with Crippen molar-refractivity contribution in [1.29, 1.82) is 0 Å². The van der Waals surface area contributed by atoms with Crippen LogP contribution in [0.15, 0.2) is 0 Å². The molecule has 0 radical (unpaired) electrons. The monoisotopic (exact) mass is 691 g/mol. The van der Waals surface area contributed by atoms with Gasteiger partial charge in [-0.3, -0.25) is 9.59 Å². The fourth-order valence-electron chi connectivity index (χ4n) is 7.94. The summed E-state index contributed by atoms with van der Waals surface area (Å²) < 4.78 is 28.6. The van der Waals surface area contributed by atoms with Crippen LogP contribution < -0.4 is 0 Å². The van der Waals surface area contributed by atoms with E-state index in [1.54, 1.807) is 0 Å². The first-order valence-electron chi connectivity index (χ1n) is 21.5. The predicted molar refractivity (Wildman–Crippen MR) is 195 cm³/mol. The lowest BCUT2D eigenvalue weighted by atomic mass is 9.79. The van der Waals surface area contributed by atoms with E-state index in [-0.39, 0.29) is 36.4 Å². The van der Waals surface area contributed by atoms with Crippen LogP contribution in [0.4, 0.5) is 0 Å². The molecule has 3 aliphatic heterocycles. The van der Waals surface area contributed by atoms with Gasteiger partial charge in [0.2, 0.25) is 12.6 Å². The molecule has 1 saturated carbocycles. The molecule has 0 spiro atoms. The molecular formula is C42H74O7. The Morgan fingerprint density at radius 3 is 1.02 bits per heavy atom. The van der Waals surface area contributed by atoms with Gasteiger partial charge in [-0.25, -0.2) is 0 Å². The van der Waals surface area contributed by atoms with Gasteiger partial charge in [0.05, 0.1) is 24.0 Å². The molecule has 4 rings (SSSR count). The van der Waals surface area contributed by atoms with E-state index in [9.17, 15) is 9.59 Å². The molecule has 4 fully saturated rings. The Kier molecular flexibility index (Phi) is 20.0. The van der Waals surface area contributed by atoms with Crippen LogP contribution in [0.2, 0.25) is 0 Å². The first-order valence-corrected chi connectivity index (χ1v) is 21.5. The highest BCUT2D eigenvalue weighted by molar-refractivity contribution is 5.83. The molecule has 0 amide bonds. The van der Waals surface area contributed by atoms with Crippen LogP contribution >= 0.6 is 0 Å². The Balaban J connectivity index is 0.976. The van der Waals surface area contributed by atoms with Crippen LogP contribution in [0.25, 0.3) is 0 Å². The molecule has 284 valence electrons. The maximum absolute atomic E-state index is 13.2. The first-order chi connectivity index (χ1) is 24.1. The van der Waals surface area contributed by atoms with E-state index in [4.69, 9.17) is 23.7 Å². The van der Waals surface area contributed by atoms with E-state index in [0.717, 1.165) is 25.7 Å². The Labute approximate surface area is 300 Å². The fourth-order valence-corrected chi connectivity index (χ4v) is 7.94. The molecule has 8 unspecified atom stereocenters. The van der Waals surface area contributed by atoms with Gasteiger partial charge in [0.1, 0.15) is 12.2 Å². The van der Waals surface area contributed by atoms with Gasteiger partial charge in [-0.1, -0.05) is 181 Å². The van der Waals surface area contributed by atoms with Gasteiger partial charge in [0.25, 0.3) is 0 Å². The van der Waals surface area contributed by atoms with Gasteiger partial charge >= 0.3 is 11.9 Å². The topological polar surface area (TPSA) is 90.2 Å². The SMILES string of the molecule is CCCCCCCCCCCCCCCC1OC1OC(=O)C1CC2OC2CC1C(=O)OC1OC1CCCCCCCCCCCCCCC. The molecular weight excluding hydrogens is 616 g/mol. The van der Waals surface area contributed by atoms with Crippen molar-refractivity contribution < 1.29 is 33.3 Å². The lowest BCUT2D eigenvalue weighted by Crippen LogP contribution is -2.38. The van der Waals surface area contributed by atoms with Gasteiger partial charge < -0.3 is 23.7 Å². The van der Waals surface area contributed by atoms with Crippen LogP contribution in [0.1, 0.15) is 206 Å². The molecule has 7 nitrogen and oxygen atoms in total. The Bertz CT molecular complexity index is 824. The molecule has 0 aromatic heterocycles. The van der Waals surface area contributed by atoms with Crippen molar-refractivity contribution in [2.24, 2.45) is 11.8 Å². The summed E-state index contributed by atoms with van der Waals surface area (Å²) in [6.45, 7) is 4.55. The Hall–Kier alpha value is -1.18. The smallest absolute Gasteiger partial charge is 0.312 e. The number of carbonyl (C=O) groups excluding carboxylic acids is 2. The molecule has 0 N–H and O–H groups in total. The van der Waals surface area contributed by atoms with E-state index >= 15 is 0 Å². The molecule has 0 aromatic carbocycles. The average molecular weight is 691 g/mol. The highest BCUT2D eigenvalue weighted by Crippen LogP contribution is 2.45. The minimum Gasteiger partial charge on any atom is -0.433 e. The molecule has 0 bridgehead atoms. The number of esters is 2. The number of rotatable bonds is 32. The normalized spacial score (nSPS) is 28.2. The van der Waals surface area contributed by atoms with Gasteiger partial charge in [-0.2, -0.15) is 0 Å². The number of hydrogen-bond acceptors (Lipinski definition) is 7. The summed E-state index contributed by atoms with van der Waals surface area (Å²) in [4.78, 5) is 26.4. The third-order valence-corrected chi connectivity index (χ3v) is 11.5. The van der Waals surface area contributed by atoms with Crippen molar-refractivity contribution in [3.8, 4) is 0 Å². The molecule has 3 heterocycles. The second kappa shape index (κ2) is 24.1. The van der Waals surface area contributed by atoms with Crippen LogP contribution in [-0.2, 0) is 33.3 Å². The maximum atomic E-state index is 13.2. The minimum atomic E-state index is -0.532. The highest BCUT2D eigenvalue weighted by atomic mass is 16.8. The lowest BCUT2D eigenvalue weighted by molar-refractivity contribution is -0.167. The van der Waals surface area contributed by atoms with Crippen LogP contribution in [0.5, 0.6) is 0 Å². The lowest BCUT2D eigenvalue weighted by Gasteiger charge is -2.25. The first kappa shape index (κ1) is 40.6. The molecule has 8 atom stereocenters. The fraction of sp³-hybridized carbons (Fsp3) is 0.952. The van der Waals surface area contributed by atoms with Gasteiger partial charge in [0.15, 0.2) is 0 Å². The third kappa shape index (κ3) is 16.8. The van der Waals surface area contributed by atoms with Crippen molar-refractivity contribution in [3.05, 3.63) is 0 Å². The summed E-state index contributed by atoms with van der Waals surface area (Å²) in [7, 11) is 0. The van der Waals surface area contributed by atoms with Crippen molar-refractivity contribution in [1.82, 2.24) is 0 Å². The van der Waals surface area contributed by atoms with Gasteiger partial charge in [-0.05, 0) is 25.7 Å². The van der Waals surface area contributed by atoms with Crippen LogP contribution in [0, 0.1) is 11.8 Å². The van der Waals surface area contributed by atoms with Crippen molar-refractivity contribution >= 4 is 11.9 Å². The standard InChI is InChI=1S/C42H74O7/c1-3-5-7-9-11-13-15-17-19-21-23-25-27-29-35-41(46-35)48-39(43)33-31-37-38(45-37)32-34(33)40(44)49-42-36(47-42)30-28-26-24-22-20-18-16-14-12-10-8-6-4-2/h33-38,41-42H,3-32H2,1-2H3. The maximum Gasteiger partial charge on any atom is 0.312 e. The second-order valence-corrected chi connectivity index (χ2v) is 15.9. The summed E-state index contributed by atoms with van der Waals surface area (Å²) in [5.74, 6) is -1.74. The molecule has 7 heteroatoms. The predicted octanol–water partition coefficient (Wildman–Crippen LogP) is 11.3. The minimum absolute atomic E-state index is 0.00121. The zero-order valence-corrected chi connectivity index (χ0v) is 31.7. The number of unbranched alkanes of at least 4 members (excludes halogenated alkanes) is 24. The number of carbonyl (C=O) groups is 2. The summed E-state index contributed by atoms with van der Waals surface area (Å²) in [6, 6.07) is 0. The molecule has 49 heavy (non-hydrogen) atoms. The number of hydrogen-bond donors (Lipinski definition) is 0. The molecule has 0 aromatic rings. The van der Waals surface area contributed by atoms with Crippen molar-refractivity contribution in [2.75, 3.05) is 0 Å². The zero-order chi connectivity index (χ0) is 34.5. The Morgan fingerprint density at radius 2 is 0.714 bits per heavy atom. The van der Waals surface area contributed by atoms with Gasteiger partial charge in [-0.15, -0.1) is 0 Å². The Morgan fingerprint density at radius 1 is 0.429 bits per heavy atom. The van der Waals surface area contributed by atoms with Crippen LogP contribution in [0.3, 0.4) is 0 Å². The molecule has 4 aliphatic rings. The third-order valence-electron chi connectivity index (χ3n) is 11.5. The van der Waals surface area contributed by atoms with E-state index in [1.165, 1.54) is 154 Å². The van der Waals surface area contributed by atoms with Crippen molar-refractivity contribution in [3.63, 3.8) is 0 Å². The van der Waals surface area contributed by atoms with E-state index in [2.05, 4.69) is 13.8 Å². The number of ether oxygens (including phenoxy) is 5. The summed E-state index contributed by atoms with van der Waals surface area (Å²) in [5.41, 5.74) is 0. The van der Waals surface area contributed by atoms with Crippen LogP contribution in [-0.4, -0.2) is 48.9 Å². The molecule has 3 saturated heterocycles. The summed E-state index contributed by atoms with van der Waals surface area (Å²) >= 11 is 0. The largest absolute Gasteiger partial charge is 0.433 e. The van der Waals surface area contributed by atoms with Gasteiger partial charge in [0, 0.05) is 0 Å².